The normalized spacial score (nSPS) is 17.7. The molecule has 1 N–H and O–H groups in total. The first-order chi connectivity index (χ1) is 14.2. The van der Waals surface area contributed by atoms with E-state index in [0.29, 0.717) is 54.3 Å². The van der Waals surface area contributed by atoms with Gasteiger partial charge < -0.3 is 19.3 Å². The van der Waals surface area contributed by atoms with Crippen molar-refractivity contribution in [3.8, 4) is 0 Å². The Kier molecular flexibility index (Phi) is 6.60. The van der Waals surface area contributed by atoms with Crippen LogP contribution in [0.3, 0.4) is 0 Å². The van der Waals surface area contributed by atoms with Crippen molar-refractivity contribution in [1.82, 2.24) is 15.0 Å². The average Bonchev–Trinajstić information content (AvgIpc) is 2.76. The smallest absolute Gasteiger partial charge is 0.250 e. The molecule has 0 spiro atoms. The maximum absolute atomic E-state index is 6.18. The lowest BCUT2D eigenvalue weighted by atomic mass is 10.2. The van der Waals surface area contributed by atoms with Crippen molar-refractivity contribution in [1.29, 1.82) is 0 Å². The molecule has 3 heterocycles. The summed E-state index contributed by atoms with van der Waals surface area (Å²) in [6, 6.07) is 5.22. The molecular formula is C18H21Cl2N7O2. The number of ether oxygens (including phenoxy) is 2. The first-order valence-corrected chi connectivity index (χ1v) is 10.1. The summed E-state index contributed by atoms with van der Waals surface area (Å²) in [4.78, 5) is 17.9. The molecule has 11 heteroatoms. The largest absolute Gasteiger partial charge is 0.378 e. The van der Waals surface area contributed by atoms with Crippen molar-refractivity contribution >= 4 is 47.3 Å². The van der Waals surface area contributed by atoms with E-state index in [4.69, 9.17) is 32.7 Å². The van der Waals surface area contributed by atoms with Gasteiger partial charge >= 0.3 is 0 Å². The predicted octanol–water partition coefficient (Wildman–Crippen LogP) is 2.30. The van der Waals surface area contributed by atoms with Crippen LogP contribution in [0.1, 0.15) is 5.56 Å². The fourth-order valence-corrected chi connectivity index (χ4v) is 3.44. The fourth-order valence-electron chi connectivity index (χ4n) is 2.98. The average molecular weight is 438 g/mol. The van der Waals surface area contributed by atoms with Crippen LogP contribution in [0.4, 0.5) is 17.8 Å². The first kappa shape index (κ1) is 20.1. The highest BCUT2D eigenvalue weighted by molar-refractivity contribution is 6.36. The highest BCUT2D eigenvalue weighted by Gasteiger charge is 2.20. The van der Waals surface area contributed by atoms with E-state index in [1.54, 1.807) is 24.4 Å². The van der Waals surface area contributed by atoms with Gasteiger partial charge in [-0.25, -0.2) is 5.43 Å². The summed E-state index contributed by atoms with van der Waals surface area (Å²) in [5.74, 6) is 1.57. The SMILES string of the molecule is Clc1ccc(/C=N\Nc2nc(N3CCOCC3)nc(N3CCOCC3)n2)c(Cl)c1. The molecule has 2 fully saturated rings. The van der Waals surface area contributed by atoms with Crippen LogP contribution in [-0.4, -0.2) is 73.8 Å². The van der Waals surface area contributed by atoms with Gasteiger partial charge in [0.25, 0.3) is 0 Å². The number of nitrogens with zero attached hydrogens (tertiary/aromatic N) is 6. The van der Waals surface area contributed by atoms with Gasteiger partial charge in [-0.3, -0.25) is 0 Å². The van der Waals surface area contributed by atoms with Gasteiger partial charge in [0.2, 0.25) is 17.8 Å². The second-order valence-corrected chi connectivity index (χ2v) is 7.34. The van der Waals surface area contributed by atoms with Crippen molar-refractivity contribution in [2.24, 2.45) is 5.10 Å². The minimum absolute atomic E-state index is 0.365. The number of halogens is 2. The summed E-state index contributed by atoms with van der Waals surface area (Å²) in [5.41, 5.74) is 3.63. The molecule has 0 saturated carbocycles. The first-order valence-electron chi connectivity index (χ1n) is 9.34. The van der Waals surface area contributed by atoms with Crippen molar-refractivity contribution in [2.75, 3.05) is 67.8 Å². The Morgan fingerprint density at radius 3 is 2.03 bits per heavy atom. The Balaban J connectivity index is 1.56. The number of hydrogen-bond donors (Lipinski definition) is 1. The van der Waals surface area contributed by atoms with Gasteiger partial charge in [-0.2, -0.15) is 20.1 Å². The lowest BCUT2D eigenvalue weighted by Gasteiger charge is -2.30. The molecule has 2 aromatic rings. The van der Waals surface area contributed by atoms with Crippen LogP contribution in [0, 0.1) is 0 Å². The summed E-state index contributed by atoms with van der Waals surface area (Å²) in [6.07, 6.45) is 1.60. The molecule has 2 saturated heterocycles. The van der Waals surface area contributed by atoms with Gasteiger partial charge in [0, 0.05) is 36.8 Å². The van der Waals surface area contributed by atoms with Crippen LogP contribution < -0.4 is 15.2 Å². The minimum atomic E-state index is 0.365. The van der Waals surface area contributed by atoms with Gasteiger partial charge in [0.05, 0.1) is 37.7 Å². The van der Waals surface area contributed by atoms with Gasteiger partial charge in [-0.1, -0.05) is 29.3 Å². The molecule has 1 aromatic carbocycles. The zero-order valence-corrected chi connectivity index (χ0v) is 17.2. The Bertz CT molecular complexity index is 835. The number of rotatable bonds is 5. The highest BCUT2D eigenvalue weighted by atomic mass is 35.5. The van der Waals surface area contributed by atoms with Crippen molar-refractivity contribution in [2.45, 2.75) is 0 Å². The molecule has 1 aromatic heterocycles. The van der Waals surface area contributed by atoms with E-state index in [9.17, 15) is 0 Å². The number of nitrogens with one attached hydrogen (secondary N) is 1. The molecule has 0 bridgehead atoms. The van der Waals surface area contributed by atoms with Crippen molar-refractivity contribution in [3.05, 3.63) is 33.8 Å². The second-order valence-electron chi connectivity index (χ2n) is 6.49. The summed E-state index contributed by atoms with van der Waals surface area (Å²) >= 11 is 12.1. The predicted molar refractivity (Wildman–Crippen MR) is 114 cm³/mol. The lowest BCUT2D eigenvalue weighted by molar-refractivity contribution is 0.121. The van der Waals surface area contributed by atoms with Crippen LogP contribution in [0.5, 0.6) is 0 Å². The van der Waals surface area contributed by atoms with E-state index in [2.05, 4.69) is 35.3 Å². The maximum Gasteiger partial charge on any atom is 0.250 e. The van der Waals surface area contributed by atoms with Gasteiger partial charge in [0.15, 0.2) is 0 Å². The number of anilines is 3. The third kappa shape index (κ3) is 5.24. The molecule has 0 atom stereocenters. The fraction of sp³-hybridized carbons (Fsp3) is 0.444. The number of aromatic nitrogens is 3. The number of benzene rings is 1. The highest BCUT2D eigenvalue weighted by Crippen LogP contribution is 2.20. The van der Waals surface area contributed by atoms with E-state index in [0.717, 1.165) is 31.7 Å². The Hall–Kier alpha value is -2.20. The zero-order chi connectivity index (χ0) is 20.1. The number of hydrogen-bond acceptors (Lipinski definition) is 9. The van der Waals surface area contributed by atoms with E-state index in [1.807, 2.05) is 0 Å². The van der Waals surface area contributed by atoms with Crippen molar-refractivity contribution < 1.29 is 9.47 Å². The Morgan fingerprint density at radius 1 is 0.897 bits per heavy atom. The number of hydrazone groups is 1. The minimum Gasteiger partial charge on any atom is -0.378 e. The maximum atomic E-state index is 6.18. The second kappa shape index (κ2) is 9.53. The molecule has 4 rings (SSSR count). The van der Waals surface area contributed by atoms with E-state index in [-0.39, 0.29) is 0 Å². The van der Waals surface area contributed by atoms with Crippen LogP contribution in [-0.2, 0) is 9.47 Å². The summed E-state index contributed by atoms with van der Waals surface area (Å²) in [6.45, 7) is 5.52. The van der Waals surface area contributed by atoms with Gasteiger partial charge in [0.1, 0.15) is 0 Å². The Labute approximate surface area is 178 Å². The Morgan fingerprint density at radius 2 is 1.48 bits per heavy atom. The summed E-state index contributed by atoms with van der Waals surface area (Å²) < 4.78 is 10.9. The quantitative estimate of drug-likeness (QED) is 0.562. The number of morpholine rings is 2. The molecular weight excluding hydrogens is 417 g/mol. The standard InChI is InChI=1S/C18H21Cl2N7O2/c19-14-2-1-13(15(20)11-14)12-21-25-16-22-17(26-3-7-28-8-4-26)24-18(23-16)27-5-9-29-10-6-27/h1-2,11-12H,3-10H2,(H,22,23,24,25)/b21-12-. The van der Waals surface area contributed by atoms with Crippen LogP contribution in [0.15, 0.2) is 23.3 Å². The molecule has 9 nitrogen and oxygen atoms in total. The third-order valence-corrected chi connectivity index (χ3v) is 5.09. The molecule has 154 valence electrons. The monoisotopic (exact) mass is 437 g/mol. The van der Waals surface area contributed by atoms with E-state index in [1.165, 1.54) is 0 Å². The molecule has 0 amide bonds. The topological polar surface area (TPSA) is 88.0 Å². The summed E-state index contributed by atoms with van der Waals surface area (Å²) in [7, 11) is 0. The molecule has 0 aliphatic carbocycles. The van der Waals surface area contributed by atoms with E-state index < -0.39 is 0 Å². The summed E-state index contributed by atoms with van der Waals surface area (Å²) in [5, 5.41) is 5.32. The molecule has 2 aliphatic rings. The third-order valence-electron chi connectivity index (χ3n) is 4.53. The van der Waals surface area contributed by atoms with Gasteiger partial charge in [-0.05, 0) is 12.1 Å². The molecule has 29 heavy (non-hydrogen) atoms. The molecule has 0 unspecified atom stereocenters. The molecule has 2 aliphatic heterocycles. The molecule has 0 radical (unpaired) electrons. The van der Waals surface area contributed by atoms with Crippen molar-refractivity contribution in [3.63, 3.8) is 0 Å². The van der Waals surface area contributed by atoms with Crippen LogP contribution >= 0.6 is 23.2 Å². The lowest BCUT2D eigenvalue weighted by Crippen LogP contribution is -2.40. The zero-order valence-electron chi connectivity index (χ0n) is 15.7. The van der Waals surface area contributed by atoms with Crippen LogP contribution in [0.25, 0.3) is 0 Å². The van der Waals surface area contributed by atoms with Crippen LogP contribution in [0.2, 0.25) is 10.0 Å². The van der Waals surface area contributed by atoms with E-state index >= 15 is 0 Å². The van der Waals surface area contributed by atoms with Gasteiger partial charge in [-0.15, -0.1) is 0 Å².